The Morgan fingerprint density at radius 3 is 3.10 bits per heavy atom. The molecule has 3 aliphatic rings. The number of ether oxygens (including phenoxy) is 1. The van der Waals surface area contributed by atoms with E-state index in [2.05, 4.69) is 6.58 Å². The molecule has 1 amide bonds. The van der Waals surface area contributed by atoms with Gasteiger partial charge in [0.2, 0.25) is 5.91 Å². The fourth-order valence-electron chi connectivity index (χ4n) is 3.53. The Kier molecular flexibility index (Phi) is 3.84. The molecule has 4 atom stereocenters. The van der Waals surface area contributed by atoms with Gasteiger partial charge in [0.25, 0.3) is 0 Å². The van der Waals surface area contributed by atoms with Gasteiger partial charge in [-0.3, -0.25) is 4.79 Å². The molecule has 1 unspecified atom stereocenters. The highest BCUT2D eigenvalue weighted by molar-refractivity contribution is 8.03. The number of fused-ring (bicyclic) bond motifs is 3. The highest BCUT2D eigenvalue weighted by atomic mass is 32.2. The van der Waals surface area contributed by atoms with Crippen LogP contribution in [0.25, 0.3) is 0 Å². The Morgan fingerprint density at radius 1 is 1.67 bits per heavy atom. The summed E-state index contributed by atoms with van der Waals surface area (Å²) in [7, 11) is 0. The lowest BCUT2D eigenvalue weighted by molar-refractivity contribution is -0.164. The molecule has 3 rings (SSSR count). The van der Waals surface area contributed by atoms with E-state index in [9.17, 15) is 14.7 Å². The van der Waals surface area contributed by atoms with E-state index in [1.807, 2.05) is 0 Å². The Labute approximate surface area is 128 Å². The van der Waals surface area contributed by atoms with Gasteiger partial charge in [-0.1, -0.05) is 12.7 Å². The van der Waals surface area contributed by atoms with E-state index < -0.39 is 18.0 Å². The molecule has 114 valence electrons. The lowest BCUT2D eigenvalue weighted by atomic mass is 9.77. The zero-order valence-corrected chi connectivity index (χ0v) is 12.8. The van der Waals surface area contributed by atoms with Gasteiger partial charge in [-0.25, -0.2) is 4.79 Å². The van der Waals surface area contributed by atoms with Crippen molar-refractivity contribution in [3.8, 4) is 0 Å². The van der Waals surface area contributed by atoms with Crippen LogP contribution in [0.2, 0.25) is 0 Å². The molecule has 0 aromatic rings. The van der Waals surface area contributed by atoms with Crippen molar-refractivity contribution in [2.24, 2.45) is 11.8 Å². The van der Waals surface area contributed by atoms with Crippen molar-refractivity contribution in [2.75, 3.05) is 12.4 Å². The summed E-state index contributed by atoms with van der Waals surface area (Å²) in [6.07, 6.45) is 2.85. The Morgan fingerprint density at radius 2 is 2.43 bits per heavy atom. The van der Waals surface area contributed by atoms with E-state index in [0.717, 1.165) is 23.5 Å². The maximum Gasteiger partial charge on any atom is 0.356 e. The van der Waals surface area contributed by atoms with Gasteiger partial charge < -0.3 is 14.7 Å². The average molecular weight is 309 g/mol. The number of aliphatic hydroxyl groups is 1. The van der Waals surface area contributed by atoms with Gasteiger partial charge in [-0.2, -0.15) is 0 Å². The molecule has 0 bridgehead atoms. The van der Waals surface area contributed by atoms with Crippen LogP contribution in [0, 0.1) is 11.8 Å². The van der Waals surface area contributed by atoms with Crippen LogP contribution in [0.1, 0.15) is 19.8 Å². The van der Waals surface area contributed by atoms with Crippen molar-refractivity contribution in [2.45, 2.75) is 31.9 Å². The molecular weight excluding hydrogens is 290 g/mol. The fourth-order valence-corrected chi connectivity index (χ4v) is 4.85. The smallest absolute Gasteiger partial charge is 0.356 e. The topological polar surface area (TPSA) is 66.8 Å². The van der Waals surface area contributed by atoms with Crippen LogP contribution in [0.3, 0.4) is 0 Å². The molecular formula is C15H19NO4S. The number of hydrogen-bond donors (Lipinski definition) is 1. The number of carbonyl (C=O) groups is 2. The van der Waals surface area contributed by atoms with Gasteiger partial charge in [0.1, 0.15) is 12.3 Å². The molecule has 21 heavy (non-hydrogen) atoms. The third kappa shape index (κ3) is 2.12. The highest BCUT2D eigenvalue weighted by Crippen LogP contribution is 2.54. The molecule has 2 fully saturated rings. The molecule has 3 aliphatic heterocycles. The predicted molar refractivity (Wildman–Crippen MR) is 79.2 cm³/mol. The average Bonchev–Trinajstić information content (AvgIpc) is 2.75. The second kappa shape index (κ2) is 5.50. The van der Waals surface area contributed by atoms with Crippen molar-refractivity contribution in [1.29, 1.82) is 0 Å². The first-order valence-corrected chi connectivity index (χ1v) is 8.22. The number of amides is 1. The quantitative estimate of drug-likeness (QED) is 0.481. The number of β-lactam (4-membered cyclic amide) rings is 1. The SMILES string of the molecule is C=CCOC(=O)C1=C2SCCCC2[C@@H]2[C@@H]([C@@H](C)O)C(=O)N12. The number of rotatable bonds is 4. The Bertz CT molecular complexity index is 528. The number of esters is 1. The number of carbonyl (C=O) groups excluding carboxylic acids is 2. The van der Waals surface area contributed by atoms with Crippen molar-refractivity contribution >= 4 is 23.6 Å². The maximum absolute atomic E-state index is 12.3. The number of hydrogen-bond acceptors (Lipinski definition) is 5. The molecule has 0 spiro atoms. The van der Waals surface area contributed by atoms with Gasteiger partial charge in [0, 0.05) is 10.8 Å². The summed E-state index contributed by atoms with van der Waals surface area (Å²) in [6, 6.07) is -0.0772. The number of nitrogens with zero attached hydrogens (tertiary/aromatic N) is 1. The zero-order chi connectivity index (χ0) is 15.1. The first-order chi connectivity index (χ1) is 10.1. The van der Waals surface area contributed by atoms with Crippen molar-refractivity contribution in [3.63, 3.8) is 0 Å². The lowest BCUT2D eigenvalue weighted by Gasteiger charge is -2.47. The summed E-state index contributed by atoms with van der Waals surface area (Å²) in [6.45, 7) is 5.31. The maximum atomic E-state index is 12.3. The minimum absolute atomic E-state index is 0.0772. The summed E-state index contributed by atoms with van der Waals surface area (Å²) in [5, 5.41) is 9.84. The molecule has 2 saturated heterocycles. The minimum Gasteiger partial charge on any atom is -0.457 e. The normalized spacial score (nSPS) is 32.2. The summed E-state index contributed by atoms with van der Waals surface area (Å²) >= 11 is 1.64. The second-order valence-corrected chi connectivity index (χ2v) is 6.80. The predicted octanol–water partition coefficient (Wildman–Crippen LogP) is 1.29. The zero-order valence-electron chi connectivity index (χ0n) is 11.9. The first-order valence-electron chi connectivity index (χ1n) is 7.24. The van der Waals surface area contributed by atoms with Crippen LogP contribution in [-0.2, 0) is 14.3 Å². The Balaban J connectivity index is 1.92. The van der Waals surface area contributed by atoms with Crippen LogP contribution in [-0.4, -0.2) is 46.4 Å². The summed E-state index contributed by atoms with van der Waals surface area (Å²) in [5.74, 6) is 0.117. The molecule has 0 aromatic heterocycles. The van der Waals surface area contributed by atoms with Crippen molar-refractivity contribution in [1.82, 2.24) is 4.90 Å². The largest absolute Gasteiger partial charge is 0.457 e. The van der Waals surface area contributed by atoms with E-state index in [4.69, 9.17) is 4.74 Å². The van der Waals surface area contributed by atoms with Gasteiger partial charge in [-0.15, -0.1) is 11.8 Å². The van der Waals surface area contributed by atoms with Crippen LogP contribution in [0.4, 0.5) is 0 Å². The summed E-state index contributed by atoms with van der Waals surface area (Å²) in [4.78, 5) is 27.1. The molecule has 0 aliphatic carbocycles. The first kappa shape index (κ1) is 14.7. The van der Waals surface area contributed by atoms with Gasteiger partial charge in [0.05, 0.1) is 18.1 Å². The summed E-state index contributed by atoms with van der Waals surface area (Å²) < 4.78 is 5.14. The van der Waals surface area contributed by atoms with E-state index in [-0.39, 0.29) is 24.5 Å². The Hall–Kier alpha value is -1.27. The highest BCUT2D eigenvalue weighted by Gasteiger charge is 2.61. The molecule has 0 saturated carbocycles. The van der Waals surface area contributed by atoms with Crippen molar-refractivity contribution in [3.05, 3.63) is 23.3 Å². The third-order valence-corrected chi connectivity index (χ3v) is 5.67. The summed E-state index contributed by atoms with van der Waals surface area (Å²) in [5.41, 5.74) is 0.401. The van der Waals surface area contributed by atoms with E-state index in [0.29, 0.717) is 5.70 Å². The lowest BCUT2D eigenvalue weighted by Crippen LogP contribution is -2.64. The van der Waals surface area contributed by atoms with Crippen molar-refractivity contribution < 1.29 is 19.4 Å². The standard InChI is InChI=1S/C15H19NO4S/c1-3-6-20-15(19)12-13-9(5-4-7-21-13)11-10(8(2)17)14(18)16(11)12/h3,8-11,17H,1,4-7H2,2H3/t8-,9?,10-,11-/m1/s1. The van der Waals surface area contributed by atoms with E-state index in [1.54, 1.807) is 23.6 Å². The van der Waals surface area contributed by atoms with E-state index in [1.165, 1.54) is 6.08 Å². The molecule has 6 heteroatoms. The van der Waals surface area contributed by atoms with Gasteiger partial charge in [0.15, 0.2) is 0 Å². The number of aliphatic hydroxyl groups excluding tert-OH is 1. The monoisotopic (exact) mass is 309 g/mol. The minimum atomic E-state index is -0.685. The molecule has 0 aromatic carbocycles. The van der Waals surface area contributed by atoms with Crippen LogP contribution >= 0.6 is 11.8 Å². The van der Waals surface area contributed by atoms with Crippen LogP contribution in [0.15, 0.2) is 23.3 Å². The molecule has 5 nitrogen and oxygen atoms in total. The second-order valence-electron chi connectivity index (χ2n) is 5.66. The molecule has 1 N–H and O–H groups in total. The van der Waals surface area contributed by atoms with Gasteiger partial charge in [-0.05, 0) is 25.5 Å². The van der Waals surface area contributed by atoms with E-state index >= 15 is 0 Å². The van der Waals surface area contributed by atoms with Crippen LogP contribution in [0.5, 0.6) is 0 Å². The molecule has 3 heterocycles. The third-order valence-electron chi connectivity index (χ3n) is 4.37. The number of thioether (sulfide) groups is 1. The fraction of sp³-hybridized carbons (Fsp3) is 0.600. The van der Waals surface area contributed by atoms with Crippen LogP contribution < -0.4 is 0 Å². The van der Waals surface area contributed by atoms with Gasteiger partial charge >= 0.3 is 5.97 Å². The molecule has 0 radical (unpaired) electrons.